The topological polar surface area (TPSA) is 110 Å². The molecule has 0 aliphatic rings. The van der Waals surface area contributed by atoms with E-state index in [4.69, 9.17) is 9.47 Å². The third kappa shape index (κ3) is 11.4. The third-order valence-corrected chi connectivity index (χ3v) is 6.58. The molecule has 0 bridgehead atoms. The van der Waals surface area contributed by atoms with E-state index in [1.54, 1.807) is 49.4 Å². The fourth-order valence-corrected chi connectivity index (χ4v) is 4.60. The summed E-state index contributed by atoms with van der Waals surface area (Å²) in [4.78, 5) is 45.4. The van der Waals surface area contributed by atoms with Crippen molar-refractivity contribution < 1.29 is 23.9 Å². The fourth-order valence-electron chi connectivity index (χ4n) is 3.88. The fraction of sp³-hybridized carbons (Fsp3) is 0.400. The molecule has 3 amide bonds. The predicted octanol–water partition coefficient (Wildman–Crippen LogP) is 5.66. The molecule has 2 heterocycles. The van der Waals surface area contributed by atoms with Gasteiger partial charge in [-0.2, -0.15) is 0 Å². The first-order chi connectivity index (χ1) is 19.2. The van der Waals surface area contributed by atoms with Gasteiger partial charge in [0, 0.05) is 30.4 Å². The maximum absolute atomic E-state index is 13.8. The highest BCUT2D eigenvalue weighted by Crippen LogP contribution is 2.17. The molecule has 2 aromatic heterocycles. The van der Waals surface area contributed by atoms with Crippen LogP contribution in [-0.2, 0) is 33.9 Å². The lowest BCUT2D eigenvalue weighted by atomic mass is 10.1. The number of alkyl carbamates (subject to hydrolysis) is 2. The first kappa shape index (κ1) is 30.6. The predicted molar refractivity (Wildman–Crippen MR) is 154 cm³/mol. The Labute approximate surface area is 239 Å². The molecule has 3 rings (SSSR count). The summed E-state index contributed by atoms with van der Waals surface area (Å²) in [7, 11) is 0. The SMILES string of the molecule is CC(C)(C)OC(=O)N[C@@H](CCCCOC(=O)NCc1ccccc1)C(=O)N(Cc1cccnc1)Cc1cccs1. The molecular formula is C30H38N4O5S. The minimum absolute atomic E-state index is 0.197. The maximum atomic E-state index is 13.8. The molecule has 0 spiro atoms. The van der Waals surface area contributed by atoms with Gasteiger partial charge in [0.05, 0.1) is 13.2 Å². The molecule has 3 aromatic rings. The van der Waals surface area contributed by atoms with E-state index in [1.807, 2.05) is 60.0 Å². The zero-order chi connectivity index (χ0) is 28.8. The number of nitrogens with one attached hydrogen (secondary N) is 2. The van der Waals surface area contributed by atoms with E-state index < -0.39 is 23.8 Å². The van der Waals surface area contributed by atoms with Crippen LogP contribution in [0.2, 0.25) is 0 Å². The Morgan fingerprint density at radius 1 is 0.950 bits per heavy atom. The number of carbonyl (C=O) groups excluding carboxylic acids is 3. The van der Waals surface area contributed by atoms with Crippen molar-refractivity contribution in [1.82, 2.24) is 20.5 Å². The Morgan fingerprint density at radius 3 is 2.40 bits per heavy atom. The van der Waals surface area contributed by atoms with Crippen molar-refractivity contribution in [2.45, 2.75) is 71.3 Å². The molecule has 1 aromatic carbocycles. The van der Waals surface area contributed by atoms with Crippen molar-refractivity contribution in [3.8, 4) is 0 Å². The van der Waals surface area contributed by atoms with E-state index >= 15 is 0 Å². The molecule has 214 valence electrons. The van der Waals surface area contributed by atoms with Crippen LogP contribution in [0.1, 0.15) is 56.0 Å². The van der Waals surface area contributed by atoms with Crippen LogP contribution in [0, 0.1) is 0 Å². The Kier molecular flexibility index (Phi) is 12.0. The molecule has 0 saturated carbocycles. The molecular weight excluding hydrogens is 528 g/mol. The summed E-state index contributed by atoms with van der Waals surface area (Å²) >= 11 is 1.57. The number of aromatic nitrogens is 1. The van der Waals surface area contributed by atoms with Crippen LogP contribution in [0.5, 0.6) is 0 Å². The lowest BCUT2D eigenvalue weighted by molar-refractivity contribution is -0.135. The summed E-state index contributed by atoms with van der Waals surface area (Å²) in [5, 5.41) is 7.46. The van der Waals surface area contributed by atoms with Gasteiger partial charge in [0.25, 0.3) is 0 Å². The molecule has 40 heavy (non-hydrogen) atoms. The summed E-state index contributed by atoms with van der Waals surface area (Å²) in [5.41, 5.74) is 1.16. The molecule has 0 aliphatic carbocycles. The minimum Gasteiger partial charge on any atom is -0.450 e. The van der Waals surface area contributed by atoms with Gasteiger partial charge in [-0.1, -0.05) is 42.5 Å². The molecule has 0 saturated heterocycles. The number of carbonyl (C=O) groups is 3. The number of nitrogens with zero attached hydrogens (tertiary/aromatic N) is 2. The average Bonchev–Trinajstić information content (AvgIpc) is 3.44. The number of rotatable bonds is 13. The number of benzene rings is 1. The van der Waals surface area contributed by atoms with E-state index in [0.29, 0.717) is 38.9 Å². The second-order valence-corrected chi connectivity index (χ2v) is 11.3. The molecule has 1 atom stereocenters. The first-order valence-electron chi connectivity index (χ1n) is 13.3. The van der Waals surface area contributed by atoms with Crippen molar-refractivity contribution in [3.05, 3.63) is 88.4 Å². The summed E-state index contributed by atoms with van der Waals surface area (Å²) in [5.74, 6) is -0.218. The van der Waals surface area contributed by atoms with Gasteiger partial charge in [-0.15, -0.1) is 11.3 Å². The van der Waals surface area contributed by atoms with E-state index in [-0.39, 0.29) is 12.5 Å². The molecule has 0 radical (unpaired) electrons. The average molecular weight is 567 g/mol. The van der Waals surface area contributed by atoms with Gasteiger partial charge < -0.3 is 25.0 Å². The molecule has 0 fully saturated rings. The van der Waals surface area contributed by atoms with Crippen LogP contribution in [0.25, 0.3) is 0 Å². The summed E-state index contributed by atoms with van der Waals surface area (Å²) < 4.78 is 10.7. The highest BCUT2D eigenvalue weighted by Gasteiger charge is 2.28. The van der Waals surface area contributed by atoms with Crippen molar-refractivity contribution in [1.29, 1.82) is 0 Å². The monoisotopic (exact) mass is 566 g/mol. The lowest BCUT2D eigenvalue weighted by Crippen LogP contribution is -2.49. The maximum Gasteiger partial charge on any atom is 0.408 e. The third-order valence-electron chi connectivity index (χ3n) is 5.72. The minimum atomic E-state index is -0.807. The van der Waals surface area contributed by atoms with Crippen molar-refractivity contribution in [2.75, 3.05) is 6.61 Å². The smallest absolute Gasteiger partial charge is 0.408 e. The molecule has 0 aliphatic heterocycles. The number of hydrogen-bond donors (Lipinski definition) is 2. The first-order valence-corrected chi connectivity index (χ1v) is 14.2. The van der Waals surface area contributed by atoms with Gasteiger partial charge in [-0.3, -0.25) is 9.78 Å². The van der Waals surface area contributed by atoms with E-state index in [1.165, 1.54) is 0 Å². The summed E-state index contributed by atoms with van der Waals surface area (Å²) in [6.07, 6.45) is 3.71. The number of unbranched alkanes of at least 4 members (excludes halogenated alkanes) is 1. The van der Waals surface area contributed by atoms with E-state index in [0.717, 1.165) is 16.0 Å². The highest BCUT2D eigenvalue weighted by atomic mass is 32.1. The van der Waals surface area contributed by atoms with Crippen LogP contribution in [0.15, 0.2) is 72.4 Å². The standard InChI is InChI=1S/C30H38N4O5S/c1-30(2,3)39-29(37)33-26(15-7-8-17-38-28(36)32-20-23-11-5-4-6-12-23)27(35)34(22-25-14-10-18-40-25)21-24-13-9-16-31-19-24/h4-6,9-14,16,18-19,26H,7-8,15,17,20-22H2,1-3H3,(H,32,36)(H,33,37)/t26-/m0/s1. The molecule has 2 N–H and O–H groups in total. The van der Waals surface area contributed by atoms with Gasteiger partial charge in [0.15, 0.2) is 0 Å². The van der Waals surface area contributed by atoms with E-state index in [9.17, 15) is 14.4 Å². The van der Waals surface area contributed by atoms with Crippen molar-refractivity contribution in [2.24, 2.45) is 0 Å². The normalized spacial score (nSPS) is 11.8. The van der Waals surface area contributed by atoms with Gasteiger partial charge in [-0.25, -0.2) is 9.59 Å². The Morgan fingerprint density at radius 2 is 1.73 bits per heavy atom. The summed E-state index contributed by atoms with van der Waals surface area (Å²) in [6.45, 7) is 6.65. The highest BCUT2D eigenvalue weighted by molar-refractivity contribution is 7.09. The van der Waals surface area contributed by atoms with E-state index in [2.05, 4.69) is 15.6 Å². The number of thiophene rings is 1. The van der Waals surface area contributed by atoms with Gasteiger partial charge in [-0.05, 0) is 68.7 Å². The molecule has 0 unspecified atom stereocenters. The number of amides is 3. The Hall–Kier alpha value is -3.92. The summed E-state index contributed by atoms with van der Waals surface area (Å²) in [6, 6.07) is 16.4. The van der Waals surface area contributed by atoms with Crippen molar-refractivity contribution in [3.63, 3.8) is 0 Å². The second kappa shape index (κ2) is 15.6. The zero-order valence-electron chi connectivity index (χ0n) is 23.3. The zero-order valence-corrected chi connectivity index (χ0v) is 24.1. The van der Waals surface area contributed by atoms with Crippen LogP contribution < -0.4 is 10.6 Å². The van der Waals surface area contributed by atoms with Gasteiger partial charge in [0.1, 0.15) is 11.6 Å². The molecule has 10 heteroatoms. The number of hydrogen-bond acceptors (Lipinski definition) is 7. The van der Waals surface area contributed by atoms with Gasteiger partial charge >= 0.3 is 12.2 Å². The Balaban J connectivity index is 1.59. The van der Waals surface area contributed by atoms with Crippen LogP contribution in [-0.4, -0.2) is 46.2 Å². The Bertz CT molecular complexity index is 1180. The van der Waals surface area contributed by atoms with Crippen LogP contribution in [0.3, 0.4) is 0 Å². The van der Waals surface area contributed by atoms with Crippen LogP contribution >= 0.6 is 11.3 Å². The quantitative estimate of drug-likeness (QED) is 0.258. The van der Waals surface area contributed by atoms with Crippen LogP contribution in [0.4, 0.5) is 9.59 Å². The molecule has 9 nitrogen and oxygen atoms in total. The van der Waals surface area contributed by atoms with Gasteiger partial charge in [0.2, 0.25) is 5.91 Å². The lowest BCUT2D eigenvalue weighted by Gasteiger charge is -2.29. The number of pyridine rings is 1. The second-order valence-electron chi connectivity index (χ2n) is 10.3. The number of ether oxygens (including phenoxy) is 2. The van der Waals surface area contributed by atoms with Crippen molar-refractivity contribution >= 4 is 29.4 Å². The largest absolute Gasteiger partial charge is 0.450 e.